The van der Waals surface area contributed by atoms with Gasteiger partial charge in [-0.3, -0.25) is 29.4 Å². The van der Waals surface area contributed by atoms with E-state index in [1.807, 2.05) is 18.2 Å². The predicted molar refractivity (Wildman–Crippen MR) is 228 cm³/mol. The van der Waals surface area contributed by atoms with E-state index in [4.69, 9.17) is 21.3 Å². The van der Waals surface area contributed by atoms with Crippen LogP contribution in [0.2, 0.25) is 5.02 Å². The highest BCUT2D eigenvalue weighted by molar-refractivity contribution is 6.32. The van der Waals surface area contributed by atoms with Crippen molar-refractivity contribution < 1.29 is 29.0 Å². The van der Waals surface area contributed by atoms with Crippen molar-refractivity contribution in [2.45, 2.75) is 107 Å². The topological polar surface area (TPSA) is 135 Å². The molecule has 4 amide bonds. The van der Waals surface area contributed by atoms with Gasteiger partial charge in [0.25, 0.3) is 5.91 Å². The number of aliphatic imine (C=N–C) groups is 1. The van der Waals surface area contributed by atoms with Crippen molar-refractivity contribution in [1.29, 1.82) is 0 Å². The van der Waals surface area contributed by atoms with Crippen LogP contribution < -0.4 is 15.0 Å². The molecule has 3 aromatic rings. The molecule has 0 aromatic heterocycles. The Bertz CT molecular complexity index is 2500. The number of benzene rings is 3. The van der Waals surface area contributed by atoms with Gasteiger partial charge >= 0.3 is 0 Å². The summed E-state index contributed by atoms with van der Waals surface area (Å²) < 4.78 is 6.42. The Morgan fingerprint density at radius 2 is 1.72 bits per heavy atom. The van der Waals surface area contributed by atoms with Crippen LogP contribution in [-0.2, 0) is 31.8 Å². The number of hydrogen-bond donors (Lipinski definition) is 2. The molecular weight excluding hydrogens is 792 g/mol. The van der Waals surface area contributed by atoms with Gasteiger partial charge in [-0.05, 0) is 125 Å². The molecule has 13 rings (SSSR count). The maximum Gasteiger partial charge on any atom is 0.255 e. The third-order valence-electron chi connectivity index (χ3n) is 16.4. The lowest BCUT2D eigenvalue weighted by molar-refractivity contribution is -0.223. The standard InChI is InChI=1S/C48H51ClN6O6/c1-45(2)32-20-28(6-9-34(32)55-35-5-3-4-33(49)38(35)41(58)51-43(45)55)27-12-16-53(17-13-27)44(60)48-22-46(23-48,24-48)25-52-18-14-47(15-19-52)26-61-39-30-21-54(36-10-11-37(56)50-40(36)57)42(59)29(30)7-8-31(39)47/h3-9,20,27,36,41,58H,10-19,21-26H2,1-2H3,(H,50,56,57)/t36-,41?,46?,48?/m0/s1. The molecule has 316 valence electrons. The first-order chi connectivity index (χ1) is 29.3. The fourth-order valence-electron chi connectivity index (χ4n) is 13.3. The number of piperidine rings is 3. The summed E-state index contributed by atoms with van der Waals surface area (Å²) in [5.74, 6) is 1.55. The second-order valence-corrected chi connectivity index (χ2v) is 20.7. The fraction of sp³-hybridized carbons (Fsp3) is 0.521. The molecule has 1 unspecified atom stereocenters. The van der Waals surface area contributed by atoms with Crippen molar-refractivity contribution in [2.75, 3.05) is 44.2 Å². The largest absolute Gasteiger partial charge is 0.492 e. The summed E-state index contributed by atoms with van der Waals surface area (Å²) in [5.41, 5.74) is 7.39. The molecule has 12 nitrogen and oxygen atoms in total. The van der Waals surface area contributed by atoms with Gasteiger partial charge in [0.1, 0.15) is 17.6 Å². The second-order valence-electron chi connectivity index (χ2n) is 20.3. The number of aliphatic hydroxyl groups is 1. The van der Waals surface area contributed by atoms with E-state index in [9.17, 15) is 24.3 Å². The monoisotopic (exact) mass is 842 g/mol. The summed E-state index contributed by atoms with van der Waals surface area (Å²) in [6.07, 6.45) is 6.46. The van der Waals surface area contributed by atoms with Crippen molar-refractivity contribution in [3.63, 3.8) is 0 Å². The van der Waals surface area contributed by atoms with Crippen LogP contribution >= 0.6 is 11.6 Å². The number of anilines is 2. The molecule has 2 atom stereocenters. The number of nitrogens with zero attached hydrogens (tertiary/aromatic N) is 5. The zero-order valence-electron chi connectivity index (χ0n) is 34.8. The van der Waals surface area contributed by atoms with Crippen LogP contribution in [0.25, 0.3) is 0 Å². The number of aliphatic hydroxyl groups excluding tert-OH is 1. The molecule has 10 aliphatic rings. The smallest absolute Gasteiger partial charge is 0.255 e. The molecule has 3 aromatic carbocycles. The number of amidine groups is 1. The van der Waals surface area contributed by atoms with Gasteiger partial charge in [0, 0.05) is 59.1 Å². The van der Waals surface area contributed by atoms with Crippen LogP contribution in [-0.4, -0.2) is 94.6 Å². The maximum absolute atomic E-state index is 14.1. The second kappa shape index (κ2) is 12.9. The van der Waals surface area contributed by atoms with E-state index in [0.717, 1.165) is 106 Å². The molecule has 13 heteroatoms. The van der Waals surface area contributed by atoms with Crippen LogP contribution in [0.4, 0.5) is 11.4 Å². The van der Waals surface area contributed by atoms with Crippen molar-refractivity contribution in [3.8, 4) is 5.75 Å². The lowest BCUT2D eigenvalue weighted by Crippen LogP contribution is -2.71. The minimum Gasteiger partial charge on any atom is -0.492 e. The number of likely N-dealkylation sites (tertiary alicyclic amines) is 2. The van der Waals surface area contributed by atoms with E-state index >= 15 is 0 Å². The summed E-state index contributed by atoms with van der Waals surface area (Å²) in [4.78, 5) is 65.1. The van der Waals surface area contributed by atoms with E-state index in [1.54, 1.807) is 11.0 Å². The van der Waals surface area contributed by atoms with E-state index in [1.165, 1.54) is 16.7 Å². The van der Waals surface area contributed by atoms with Crippen molar-refractivity contribution in [1.82, 2.24) is 20.0 Å². The number of rotatable bonds is 5. The number of nitrogens with one attached hydrogen (secondary N) is 1. The quantitative estimate of drug-likeness (QED) is 0.289. The highest BCUT2D eigenvalue weighted by Crippen LogP contribution is 2.74. The number of carbonyl (C=O) groups is 4. The fourth-order valence-corrected chi connectivity index (χ4v) is 13.6. The van der Waals surface area contributed by atoms with Crippen molar-refractivity contribution in [3.05, 3.63) is 86.9 Å². The van der Waals surface area contributed by atoms with Crippen LogP contribution in [0.5, 0.6) is 5.75 Å². The van der Waals surface area contributed by atoms with E-state index in [2.05, 4.69) is 58.1 Å². The molecule has 7 aliphatic heterocycles. The van der Waals surface area contributed by atoms with E-state index in [-0.39, 0.29) is 39.9 Å². The molecule has 0 radical (unpaired) electrons. The number of hydrogen-bond acceptors (Lipinski definition) is 9. The number of fused-ring (bicyclic) bond motifs is 9. The normalized spacial score (nSPS) is 30.4. The summed E-state index contributed by atoms with van der Waals surface area (Å²) in [6, 6.07) is 15.9. The Morgan fingerprint density at radius 1 is 0.951 bits per heavy atom. The van der Waals surface area contributed by atoms with E-state index < -0.39 is 18.2 Å². The summed E-state index contributed by atoms with van der Waals surface area (Å²) >= 11 is 6.54. The highest BCUT2D eigenvalue weighted by atomic mass is 35.5. The van der Waals surface area contributed by atoms with Gasteiger partial charge < -0.3 is 24.5 Å². The molecule has 3 saturated carbocycles. The van der Waals surface area contributed by atoms with Crippen LogP contribution in [0.1, 0.15) is 122 Å². The molecule has 1 spiro atoms. The molecule has 6 fully saturated rings. The lowest BCUT2D eigenvalue weighted by atomic mass is 9.34. The molecule has 3 saturated heterocycles. The Balaban J connectivity index is 0.652. The summed E-state index contributed by atoms with van der Waals surface area (Å²) in [7, 11) is 0. The zero-order valence-corrected chi connectivity index (χ0v) is 35.5. The Kier molecular flexibility index (Phi) is 8.02. The first-order valence-electron chi connectivity index (χ1n) is 22.2. The maximum atomic E-state index is 14.1. The molecular formula is C48H51ClN6O6. The third-order valence-corrected chi connectivity index (χ3v) is 16.8. The first kappa shape index (κ1) is 37.9. The first-order valence-corrected chi connectivity index (χ1v) is 22.6. The molecule has 3 aliphatic carbocycles. The van der Waals surface area contributed by atoms with Gasteiger partial charge in [-0.2, -0.15) is 0 Å². The Labute approximate surface area is 360 Å². The SMILES string of the molecule is CC1(C)C2=NC(O)c3c(Cl)cccc3N2c2ccc(C3CCN(C(=O)C45CC(CN6CCC7(CC6)COc6c7ccc7c6CN([C@H]6CCC(=O)NC6=O)C7=O)(C4)C5)CC3)cc21. The van der Waals surface area contributed by atoms with Crippen molar-refractivity contribution in [2.24, 2.45) is 15.8 Å². The number of ether oxygens (including phenoxy) is 1. The number of imide groups is 1. The summed E-state index contributed by atoms with van der Waals surface area (Å²) in [5, 5.41) is 13.9. The van der Waals surface area contributed by atoms with Gasteiger partial charge in [-0.25, -0.2) is 4.99 Å². The molecule has 2 bridgehead atoms. The number of amides is 4. The average molecular weight is 843 g/mol. The average Bonchev–Trinajstić information content (AvgIpc) is 3.83. The zero-order chi connectivity index (χ0) is 41.8. The molecule has 7 heterocycles. The van der Waals surface area contributed by atoms with Gasteiger partial charge in [0.2, 0.25) is 17.7 Å². The van der Waals surface area contributed by atoms with E-state index in [0.29, 0.717) is 47.5 Å². The van der Waals surface area contributed by atoms with Gasteiger partial charge in [-0.15, -0.1) is 0 Å². The van der Waals surface area contributed by atoms with Crippen molar-refractivity contribution >= 4 is 52.4 Å². The summed E-state index contributed by atoms with van der Waals surface area (Å²) in [6.45, 7) is 9.88. The minimum absolute atomic E-state index is 0.0829. The highest BCUT2D eigenvalue weighted by Gasteiger charge is 2.72. The molecule has 2 N–H and O–H groups in total. The molecule has 61 heavy (non-hydrogen) atoms. The van der Waals surface area contributed by atoms with Gasteiger partial charge in [0.05, 0.1) is 35.0 Å². The number of halogens is 1. The van der Waals surface area contributed by atoms with Gasteiger partial charge in [0.15, 0.2) is 6.23 Å². The Hall–Kier alpha value is -4.78. The minimum atomic E-state index is -0.994. The lowest BCUT2D eigenvalue weighted by Gasteiger charge is -2.71. The van der Waals surface area contributed by atoms with Crippen LogP contribution in [0.3, 0.4) is 0 Å². The predicted octanol–water partition coefficient (Wildman–Crippen LogP) is 6.24. The van der Waals surface area contributed by atoms with Crippen LogP contribution in [0, 0.1) is 10.8 Å². The van der Waals surface area contributed by atoms with Gasteiger partial charge in [-0.1, -0.05) is 35.9 Å². The third kappa shape index (κ3) is 5.34. The number of carbonyl (C=O) groups excluding carboxylic acids is 4. The van der Waals surface area contributed by atoms with Crippen LogP contribution in [0.15, 0.2) is 53.5 Å². The Morgan fingerprint density at radius 3 is 2.48 bits per heavy atom.